The molecule has 4 N–H and O–H groups in total. The second-order valence-corrected chi connectivity index (χ2v) is 12.6. The second kappa shape index (κ2) is 13.0. The Morgan fingerprint density at radius 2 is 1.60 bits per heavy atom. The predicted octanol–water partition coefficient (Wildman–Crippen LogP) is 5.55. The van der Waals surface area contributed by atoms with E-state index in [1.165, 1.54) is 13.5 Å². The molecule has 0 spiro atoms. The molecular formula is C35H39N9O3. The molecule has 1 unspecified atom stereocenters. The molecule has 2 aliphatic heterocycles. The van der Waals surface area contributed by atoms with Crippen LogP contribution < -0.4 is 10.6 Å². The summed E-state index contributed by atoms with van der Waals surface area (Å²) in [4.78, 5) is 53.0. The molecule has 2 aliphatic rings. The molecule has 47 heavy (non-hydrogen) atoms. The van der Waals surface area contributed by atoms with Crippen molar-refractivity contribution in [1.29, 1.82) is 0 Å². The number of carbonyl (C=O) groups excluding carboxylic acids is 2. The third kappa shape index (κ3) is 6.20. The SMILES string of the molecule is COC(=O)N[C@H](C(=O)N1CCCC1c1ncc(-c2ccc(-c3cnc4cc(-c5cnc([C@@H]6CCCN6)[nH]5)ccc4n3)cc2)[nH]1)C(C)C. The Kier molecular flexibility index (Phi) is 8.42. The summed E-state index contributed by atoms with van der Waals surface area (Å²) in [6, 6.07) is 13.6. The molecule has 2 amide bonds. The van der Waals surface area contributed by atoms with E-state index < -0.39 is 12.1 Å². The highest BCUT2D eigenvalue weighted by Gasteiger charge is 2.37. The Morgan fingerprint density at radius 3 is 2.34 bits per heavy atom. The number of aromatic nitrogens is 6. The molecule has 3 aromatic heterocycles. The van der Waals surface area contributed by atoms with Gasteiger partial charge < -0.3 is 30.2 Å². The first-order valence-corrected chi connectivity index (χ1v) is 16.2. The molecule has 0 aliphatic carbocycles. The summed E-state index contributed by atoms with van der Waals surface area (Å²) in [6.07, 6.45) is 8.81. The minimum atomic E-state index is -0.672. The van der Waals surface area contributed by atoms with Crippen molar-refractivity contribution in [3.63, 3.8) is 0 Å². The highest BCUT2D eigenvalue weighted by Crippen LogP contribution is 2.33. The smallest absolute Gasteiger partial charge is 0.407 e. The normalized spacial score (nSPS) is 18.6. The van der Waals surface area contributed by atoms with Crippen molar-refractivity contribution in [3.8, 4) is 33.8 Å². The maximum Gasteiger partial charge on any atom is 0.407 e. The maximum atomic E-state index is 13.5. The van der Waals surface area contributed by atoms with E-state index in [0.717, 1.165) is 82.3 Å². The number of hydrogen-bond acceptors (Lipinski definition) is 8. The first kappa shape index (κ1) is 30.5. The molecule has 7 rings (SSSR count). The standard InChI is InChI=1S/C35H39N9O3/c1-20(2)31(43-35(46)47-3)34(45)44-15-5-7-30(44)33-39-18-28(42-33)22-10-8-21(9-11-22)27-17-37-26-16-23(12-13-24(26)40-27)29-19-38-32(41-29)25-6-4-14-36-25/h8-13,16-20,25,30-31,36H,4-7,14-15H2,1-3H3,(H,38,41)(H,39,42)(H,43,46)/t25-,30?,31-/m0/s1. The fourth-order valence-electron chi connectivity index (χ4n) is 6.56. The summed E-state index contributed by atoms with van der Waals surface area (Å²) in [5.74, 6) is 1.49. The number of nitrogens with one attached hydrogen (secondary N) is 4. The Morgan fingerprint density at radius 1 is 0.872 bits per heavy atom. The molecule has 242 valence electrons. The quantitative estimate of drug-likeness (QED) is 0.174. The summed E-state index contributed by atoms with van der Waals surface area (Å²) in [5, 5.41) is 6.18. The average Bonchev–Trinajstić information content (AvgIpc) is 3.93. The number of likely N-dealkylation sites (tertiary alicyclic amines) is 1. The lowest BCUT2D eigenvalue weighted by atomic mass is 10.0. The first-order valence-electron chi connectivity index (χ1n) is 16.2. The third-order valence-electron chi connectivity index (χ3n) is 9.17. The number of fused-ring (bicyclic) bond motifs is 1. The number of methoxy groups -OCH3 is 1. The highest BCUT2D eigenvalue weighted by molar-refractivity contribution is 5.86. The van der Waals surface area contributed by atoms with Gasteiger partial charge in [0.15, 0.2) is 0 Å². The van der Waals surface area contributed by atoms with Crippen LogP contribution in [0.1, 0.15) is 63.3 Å². The summed E-state index contributed by atoms with van der Waals surface area (Å²) in [6.45, 7) is 5.45. The molecule has 2 saturated heterocycles. The van der Waals surface area contributed by atoms with E-state index in [2.05, 4.69) is 36.6 Å². The van der Waals surface area contributed by atoms with Gasteiger partial charge in [0.25, 0.3) is 0 Å². The number of alkyl carbamates (subject to hydrolysis) is 1. The van der Waals surface area contributed by atoms with Crippen LogP contribution in [0.15, 0.2) is 61.1 Å². The number of benzene rings is 2. The van der Waals surface area contributed by atoms with Crippen molar-refractivity contribution in [2.75, 3.05) is 20.2 Å². The molecule has 12 heteroatoms. The minimum absolute atomic E-state index is 0.0901. The number of ether oxygens (including phenoxy) is 1. The second-order valence-electron chi connectivity index (χ2n) is 12.6. The zero-order valence-electron chi connectivity index (χ0n) is 26.8. The molecule has 0 saturated carbocycles. The average molecular weight is 634 g/mol. The van der Waals surface area contributed by atoms with Crippen molar-refractivity contribution in [3.05, 3.63) is 72.7 Å². The first-order chi connectivity index (χ1) is 22.9. The van der Waals surface area contributed by atoms with E-state index in [4.69, 9.17) is 14.7 Å². The largest absolute Gasteiger partial charge is 0.453 e. The molecule has 3 atom stereocenters. The van der Waals surface area contributed by atoms with Gasteiger partial charge in [-0.2, -0.15) is 0 Å². The number of hydrogen-bond donors (Lipinski definition) is 4. The fourth-order valence-corrected chi connectivity index (χ4v) is 6.56. The topological polar surface area (TPSA) is 154 Å². The van der Waals surface area contributed by atoms with Crippen LogP contribution in [-0.4, -0.2) is 73.0 Å². The van der Waals surface area contributed by atoms with E-state index in [-0.39, 0.29) is 17.9 Å². The lowest BCUT2D eigenvalue weighted by Crippen LogP contribution is -2.51. The molecular weight excluding hydrogens is 594 g/mol. The van der Waals surface area contributed by atoms with Crippen LogP contribution in [-0.2, 0) is 9.53 Å². The molecule has 2 aromatic carbocycles. The Hall–Kier alpha value is -5.10. The summed E-state index contributed by atoms with van der Waals surface area (Å²) >= 11 is 0. The number of imidazole rings is 2. The summed E-state index contributed by atoms with van der Waals surface area (Å²) < 4.78 is 4.75. The molecule has 2 fully saturated rings. The molecule has 12 nitrogen and oxygen atoms in total. The van der Waals surface area contributed by atoms with Crippen molar-refractivity contribution in [2.24, 2.45) is 5.92 Å². The lowest BCUT2D eigenvalue weighted by Gasteiger charge is -2.30. The van der Waals surface area contributed by atoms with Gasteiger partial charge in [0.2, 0.25) is 5.91 Å². The van der Waals surface area contributed by atoms with Crippen molar-refractivity contribution >= 4 is 23.0 Å². The Labute approximate surface area is 272 Å². The van der Waals surface area contributed by atoms with E-state index in [0.29, 0.717) is 12.6 Å². The van der Waals surface area contributed by atoms with Crippen LogP contribution in [0.2, 0.25) is 0 Å². The molecule has 0 radical (unpaired) electrons. The maximum absolute atomic E-state index is 13.5. The van der Waals surface area contributed by atoms with E-state index in [1.807, 2.05) is 61.3 Å². The number of aromatic amines is 2. The van der Waals surface area contributed by atoms with Crippen molar-refractivity contribution < 1.29 is 14.3 Å². The van der Waals surface area contributed by atoms with E-state index in [9.17, 15) is 9.59 Å². The van der Waals surface area contributed by atoms with Crippen LogP contribution in [0, 0.1) is 5.92 Å². The van der Waals surface area contributed by atoms with E-state index >= 15 is 0 Å². The number of nitrogens with zero attached hydrogens (tertiary/aromatic N) is 5. The molecule has 5 heterocycles. The van der Waals surface area contributed by atoms with Crippen LogP contribution in [0.3, 0.4) is 0 Å². The number of H-pyrrole nitrogens is 2. The van der Waals surface area contributed by atoms with Crippen molar-refractivity contribution in [1.82, 2.24) is 45.4 Å². The lowest BCUT2D eigenvalue weighted by molar-refractivity contribution is -0.135. The van der Waals surface area contributed by atoms with Gasteiger partial charge in [-0.15, -0.1) is 0 Å². The number of rotatable bonds is 8. The Balaban J connectivity index is 1.05. The van der Waals surface area contributed by atoms with Crippen molar-refractivity contribution in [2.45, 2.75) is 57.7 Å². The summed E-state index contributed by atoms with van der Waals surface area (Å²) in [5.41, 5.74) is 7.23. The Bertz CT molecular complexity index is 1890. The van der Waals surface area contributed by atoms with Crippen LogP contribution in [0.5, 0.6) is 0 Å². The number of amides is 2. The van der Waals surface area contributed by atoms with Crippen LogP contribution in [0.25, 0.3) is 44.8 Å². The molecule has 0 bridgehead atoms. The third-order valence-corrected chi connectivity index (χ3v) is 9.17. The summed E-state index contributed by atoms with van der Waals surface area (Å²) in [7, 11) is 1.30. The van der Waals surface area contributed by atoms with Gasteiger partial charge in [-0.1, -0.05) is 44.2 Å². The highest BCUT2D eigenvalue weighted by atomic mass is 16.5. The predicted molar refractivity (Wildman–Crippen MR) is 178 cm³/mol. The fraction of sp³-hybridized carbons (Fsp3) is 0.371. The van der Waals surface area contributed by atoms with Gasteiger partial charge in [-0.05, 0) is 55.8 Å². The van der Waals surface area contributed by atoms with Gasteiger partial charge in [0, 0.05) is 17.7 Å². The van der Waals surface area contributed by atoms with Gasteiger partial charge in [-0.3, -0.25) is 9.78 Å². The zero-order valence-corrected chi connectivity index (χ0v) is 26.8. The van der Waals surface area contributed by atoms with Crippen LogP contribution in [0.4, 0.5) is 4.79 Å². The van der Waals surface area contributed by atoms with Gasteiger partial charge in [0.1, 0.15) is 17.7 Å². The van der Waals surface area contributed by atoms with Crippen LogP contribution >= 0.6 is 0 Å². The van der Waals surface area contributed by atoms with Gasteiger partial charge >= 0.3 is 6.09 Å². The van der Waals surface area contributed by atoms with E-state index in [1.54, 1.807) is 12.4 Å². The monoisotopic (exact) mass is 633 g/mol. The van der Waals surface area contributed by atoms with Gasteiger partial charge in [-0.25, -0.2) is 19.7 Å². The number of carbonyl (C=O) groups is 2. The zero-order chi connectivity index (χ0) is 32.5. The van der Waals surface area contributed by atoms with Gasteiger partial charge in [0.05, 0.1) is 65.9 Å². The molecule has 5 aromatic rings. The minimum Gasteiger partial charge on any atom is -0.453 e.